The molecule has 2 aromatic rings. The van der Waals surface area contributed by atoms with Crippen LogP contribution in [0.1, 0.15) is 28.4 Å². The van der Waals surface area contributed by atoms with Crippen LogP contribution < -0.4 is 27.2 Å². The lowest BCUT2D eigenvalue weighted by Gasteiger charge is -2.21. The van der Waals surface area contributed by atoms with Crippen molar-refractivity contribution >= 4 is 52.6 Å². The molecule has 0 radical (unpaired) electrons. The lowest BCUT2D eigenvalue weighted by molar-refractivity contribution is -0.306. The van der Waals surface area contributed by atoms with Crippen LogP contribution in [-0.4, -0.2) is 35.4 Å². The van der Waals surface area contributed by atoms with Crippen LogP contribution in [0.5, 0.6) is 5.75 Å². The van der Waals surface area contributed by atoms with E-state index in [1.165, 1.54) is 24.3 Å². The molecule has 0 spiro atoms. The molecule has 2 rings (SSSR count). The number of hydrogen-bond donors (Lipinski definition) is 5. The topological polar surface area (TPSA) is 183 Å². The van der Waals surface area contributed by atoms with E-state index in [4.69, 9.17) is 34.7 Å². The number of benzene rings is 2. The van der Waals surface area contributed by atoms with Crippen molar-refractivity contribution in [1.82, 2.24) is 10.6 Å². The smallest absolute Gasteiger partial charge is 0.251 e. The Balaban J connectivity index is 2.09. The van der Waals surface area contributed by atoms with Crippen LogP contribution >= 0.6 is 23.2 Å². The van der Waals surface area contributed by atoms with Gasteiger partial charge in [-0.25, -0.2) is 4.99 Å². The first-order chi connectivity index (χ1) is 14.6. The van der Waals surface area contributed by atoms with Crippen LogP contribution in [-0.2, 0) is 9.59 Å². The molecule has 2 amide bonds. The van der Waals surface area contributed by atoms with Gasteiger partial charge in [0.15, 0.2) is 5.96 Å². The van der Waals surface area contributed by atoms with Crippen molar-refractivity contribution in [1.29, 1.82) is 0 Å². The summed E-state index contributed by atoms with van der Waals surface area (Å²) in [6.45, 7) is -0.482. The van der Waals surface area contributed by atoms with Gasteiger partial charge in [-0.3, -0.25) is 9.59 Å². The number of carbonyl (C=O) groups is 3. The lowest BCUT2D eigenvalue weighted by Crippen LogP contribution is -2.40. The molecular weight excluding hydrogens is 449 g/mol. The molecule has 10 nitrogen and oxygen atoms in total. The summed E-state index contributed by atoms with van der Waals surface area (Å²) < 4.78 is 0. The van der Waals surface area contributed by atoms with E-state index in [2.05, 4.69) is 15.6 Å². The molecule has 0 saturated carbocycles. The summed E-state index contributed by atoms with van der Waals surface area (Å²) >= 11 is 11.8. The summed E-state index contributed by atoms with van der Waals surface area (Å²) in [5, 5.41) is 26.0. The number of nitrogens with two attached hydrogens (primary N) is 2. The second-order valence-electron chi connectivity index (χ2n) is 6.29. The molecule has 0 fully saturated rings. The minimum atomic E-state index is -1.48. The van der Waals surface area contributed by atoms with Crippen molar-refractivity contribution in [3.05, 3.63) is 57.6 Å². The summed E-state index contributed by atoms with van der Waals surface area (Å²) in [5.41, 5.74) is 11.1. The Kier molecular flexibility index (Phi) is 8.06. The Hall–Kier alpha value is -3.50. The van der Waals surface area contributed by atoms with Gasteiger partial charge in [-0.1, -0.05) is 29.3 Å². The third-order valence-corrected chi connectivity index (χ3v) is 4.42. The van der Waals surface area contributed by atoms with Gasteiger partial charge in [-0.05, 0) is 30.3 Å². The fraction of sp³-hybridized carbons (Fsp3) is 0.158. The van der Waals surface area contributed by atoms with Crippen LogP contribution in [0.3, 0.4) is 0 Å². The maximum atomic E-state index is 12.3. The standard InChI is InChI=1S/C19H19Cl2N5O5/c20-10-5-12(17(30)13(21)6-10)14(7-16(28)29)26-15(27)8-24-18(31)9-2-1-3-11(4-9)25-19(22)23/h1-6,14,30H,7-8H2,(H,24,31)(H,26,27)(H,28,29)(H4,22,23,25)/p-1. The minimum Gasteiger partial charge on any atom is -0.550 e. The maximum absolute atomic E-state index is 12.3. The molecule has 31 heavy (non-hydrogen) atoms. The second kappa shape index (κ2) is 10.5. The number of aliphatic carboxylic acids is 1. The van der Waals surface area contributed by atoms with Crippen molar-refractivity contribution in [3.8, 4) is 5.75 Å². The van der Waals surface area contributed by atoms with Gasteiger partial charge in [0, 0.05) is 28.5 Å². The number of halogens is 2. The number of aliphatic imine (C=N–C) groups is 1. The average molecular weight is 467 g/mol. The molecule has 0 aliphatic rings. The highest BCUT2D eigenvalue weighted by atomic mass is 35.5. The molecule has 12 heteroatoms. The zero-order valence-corrected chi connectivity index (χ0v) is 17.4. The number of phenolic OH excluding ortho intramolecular Hbond substituents is 1. The number of rotatable bonds is 8. The number of carbonyl (C=O) groups excluding carboxylic acids is 3. The summed E-state index contributed by atoms with van der Waals surface area (Å²) in [7, 11) is 0. The van der Waals surface area contributed by atoms with Gasteiger partial charge < -0.3 is 37.1 Å². The number of guanidine groups is 1. The number of carboxylic acid groups (broad SMARTS) is 1. The van der Waals surface area contributed by atoms with Crippen molar-refractivity contribution in [2.45, 2.75) is 12.5 Å². The highest BCUT2D eigenvalue weighted by Gasteiger charge is 2.21. The lowest BCUT2D eigenvalue weighted by atomic mass is 10.0. The third kappa shape index (κ3) is 7.05. The molecular formula is C19H18Cl2N5O5-. The van der Waals surface area contributed by atoms with Gasteiger partial charge in [-0.2, -0.15) is 0 Å². The van der Waals surface area contributed by atoms with E-state index >= 15 is 0 Å². The number of carboxylic acids is 1. The molecule has 1 atom stereocenters. The zero-order chi connectivity index (χ0) is 23.1. The van der Waals surface area contributed by atoms with Gasteiger partial charge in [0.05, 0.1) is 23.3 Å². The fourth-order valence-electron chi connectivity index (χ4n) is 2.63. The van der Waals surface area contributed by atoms with Crippen LogP contribution in [0.4, 0.5) is 5.69 Å². The summed E-state index contributed by atoms with van der Waals surface area (Å²) in [6, 6.07) is 7.37. The highest BCUT2D eigenvalue weighted by Crippen LogP contribution is 2.35. The maximum Gasteiger partial charge on any atom is 0.251 e. The minimum absolute atomic E-state index is 0.00804. The normalized spacial score (nSPS) is 11.3. The van der Waals surface area contributed by atoms with E-state index in [1.807, 2.05) is 0 Å². The van der Waals surface area contributed by atoms with Crippen molar-refractivity contribution in [2.24, 2.45) is 16.5 Å². The molecule has 164 valence electrons. The monoisotopic (exact) mass is 466 g/mol. The van der Waals surface area contributed by atoms with E-state index in [0.717, 1.165) is 0 Å². The number of amides is 2. The van der Waals surface area contributed by atoms with Crippen LogP contribution in [0.15, 0.2) is 41.4 Å². The van der Waals surface area contributed by atoms with Crippen molar-refractivity contribution < 1.29 is 24.6 Å². The Bertz CT molecular complexity index is 1040. The Morgan fingerprint density at radius 1 is 1.16 bits per heavy atom. The van der Waals surface area contributed by atoms with E-state index < -0.39 is 42.5 Å². The molecule has 1 unspecified atom stereocenters. The summed E-state index contributed by atoms with van der Waals surface area (Å²) in [5.74, 6) is -3.41. The molecule has 7 N–H and O–H groups in total. The van der Waals surface area contributed by atoms with Gasteiger partial charge in [0.2, 0.25) is 5.91 Å². The third-order valence-electron chi connectivity index (χ3n) is 3.92. The quantitative estimate of drug-likeness (QED) is 0.274. The molecule has 0 bridgehead atoms. The van der Waals surface area contributed by atoms with E-state index in [1.54, 1.807) is 12.1 Å². The molecule has 0 aliphatic heterocycles. The van der Waals surface area contributed by atoms with Crippen LogP contribution in [0.25, 0.3) is 0 Å². The van der Waals surface area contributed by atoms with Gasteiger partial charge >= 0.3 is 0 Å². The summed E-state index contributed by atoms with van der Waals surface area (Å²) in [6.07, 6.45) is -0.662. The Morgan fingerprint density at radius 2 is 1.87 bits per heavy atom. The molecule has 2 aromatic carbocycles. The average Bonchev–Trinajstić information content (AvgIpc) is 2.67. The SMILES string of the molecule is NC(N)=Nc1cccc(C(=O)NCC(=O)NC(CC(=O)[O-])c2cc(Cl)cc(Cl)c2O)c1. The first-order valence-corrected chi connectivity index (χ1v) is 9.47. The number of aromatic hydroxyl groups is 1. The fourth-order valence-corrected chi connectivity index (χ4v) is 3.14. The van der Waals surface area contributed by atoms with E-state index in [-0.39, 0.29) is 27.1 Å². The van der Waals surface area contributed by atoms with Gasteiger partial charge in [0.25, 0.3) is 5.91 Å². The van der Waals surface area contributed by atoms with Crippen molar-refractivity contribution in [2.75, 3.05) is 6.54 Å². The van der Waals surface area contributed by atoms with E-state index in [9.17, 15) is 24.6 Å². The largest absolute Gasteiger partial charge is 0.550 e. The van der Waals surface area contributed by atoms with Crippen molar-refractivity contribution in [3.63, 3.8) is 0 Å². The predicted molar refractivity (Wildman–Crippen MR) is 113 cm³/mol. The van der Waals surface area contributed by atoms with E-state index in [0.29, 0.717) is 5.69 Å². The van der Waals surface area contributed by atoms with Gasteiger partial charge in [-0.15, -0.1) is 0 Å². The van der Waals surface area contributed by atoms with Crippen LogP contribution in [0.2, 0.25) is 10.0 Å². The number of nitrogens with one attached hydrogen (secondary N) is 2. The Labute approximate surface area is 186 Å². The zero-order valence-electron chi connectivity index (χ0n) is 15.9. The first kappa shape index (κ1) is 23.8. The molecule has 0 heterocycles. The number of phenols is 1. The molecule has 0 aliphatic carbocycles. The predicted octanol–water partition coefficient (Wildman–Crippen LogP) is 0.331. The summed E-state index contributed by atoms with van der Waals surface area (Å²) in [4.78, 5) is 39.5. The number of hydrogen-bond acceptors (Lipinski definition) is 6. The molecule has 0 aromatic heterocycles. The second-order valence-corrected chi connectivity index (χ2v) is 7.13. The Morgan fingerprint density at radius 3 is 2.52 bits per heavy atom. The molecule has 0 saturated heterocycles. The highest BCUT2D eigenvalue weighted by molar-refractivity contribution is 6.35. The van der Waals surface area contributed by atoms with Crippen LogP contribution in [0, 0.1) is 0 Å². The first-order valence-electron chi connectivity index (χ1n) is 8.71. The number of nitrogens with zero attached hydrogens (tertiary/aromatic N) is 1. The van der Waals surface area contributed by atoms with Gasteiger partial charge in [0.1, 0.15) is 5.75 Å².